The summed E-state index contributed by atoms with van der Waals surface area (Å²) in [6.45, 7) is 0.559. The molecular weight excluding hydrogens is 393 g/mol. The number of fused-ring (bicyclic) bond motifs is 2. The van der Waals surface area contributed by atoms with Crippen molar-refractivity contribution < 1.29 is 22.7 Å². The summed E-state index contributed by atoms with van der Waals surface area (Å²) in [5.74, 6) is 1.08. The van der Waals surface area contributed by atoms with Crippen LogP contribution in [0.5, 0.6) is 5.75 Å². The first-order valence-corrected chi connectivity index (χ1v) is 9.58. The lowest BCUT2D eigenvalue weighted by atomic mass is 9.65. The summed E-state index contributed by atoms with van der Waals surface area (Å²) in [4.78, 5) is 12.7. The van der Waals surface area contributed by atoms with Crippen molar-refractivity contribution in [1.29, 1.82) is 0 Å². The van der Waals surface area contributed by atoms with E-state index in [2.05, 4.69) is 5.32 Å². The van der Waals surface area contributed by atoms with Crippen molar-refractivity contribution in [1.82, 2.24) is 5.32 Å². The number of ether oxygens (including phenoxy) is 1. The Hall–Kier alpha value is -1.47. The van der Waals surface area contributed by atoms with Crippen LogP contribution in [-0.2, 0) is 4.79 Å². The first kappa shape index (κ1) is 22.8. The van der Waals surface area contributed by atoms with E-state index in [1.165, 1.54) is 18.6 Å². The van der Waals surface area contributed by atoms with Crippen LogP contribution in [0.15, 0.2) is 24.3 Å². The lowest BCUT2D eigenvalue weighted by Crippen LogP contribution is -2.49. The molecule has 4 nitrogen and oxygen atoms in total. The normalized spacial score (nSPS) is 28.0. The van der Waals surface area contributed by atoms with Gasteiger partial charge in [0.1, 0.15) is 5.75 Å². The first-order chi connectivity index (χ1) is 12.7. The molecule has 158 valence electrons. The maximum absolute atomic E-state index is 12.7. The van der Waals surface area contributed by atoms with Crippen LogP contribution in [0.1, 0.15) is 50.6 Å². The average molecular weight is 421 g/mol. The molecule has 3 unspecified atom stereocenters. The van der Waals surface area contributed by atoms with Gasteiger partial charge in [0.25, 0.3) is 0 Å². The number of hydrogen-bond acceptors (Lipinski definition) is 3. The second-order valence-corrected chi connectivity index (χ2v) is 7.90. The van der Waals surface area contributed by atoms with Gasteiger partial charge in [-0.25, -0.2) is 0 Å². The zero-order chi connectivity index (χ0) is 19.6. The topological polar surface area (TPSA) is 64.4 Å². The third kappa shape index (κ3) is 5.77. The summed E-state index contributed by atoms with van der Waals surface area (Å²) in [6, 6.07) is 6.36. The fourth-order valence-electron chi connectivity index (χ4n) is 4.44. The number of carbonyl (C=O) groups excluding carboxylic acids is 1. The van der Waals surface area contributed by atoms with Crippen molar-refractivity contribution in [3.8, 4) is 5.75 Å². The predicted molar refractivity (Wildman–Crippen MR) is 103 cm³/mol. The van der Waals surface area contributed by atoms with Gasteiger partial charge in [-0.2, -0.15) is 13.2 Å². The molecule has 0 spiro atoms. The lowest BCUT2D eigenvalue weighted by molar-refractivity contribution is -0.153. The summed E-state index contributed by atoms with van der Waals surface area (Å²) in [7, 11) is 0. The number of hydrogen-bond donors (Lipinski definition) is 2. The van der Waals surface area contributed by atoms with Crippen LogP contribution in [0, 0.1) is 17.8 Å². The molecule has 8 heteroatoms. The third-order valence-corrected chi connectivity index (χ3v) is 5.93. The number of nitrogens with one attached hydrogen (secondary N) is 1. The molecule has 3 rings (SSSR count). The molecule has 1 aromatic rings. The van der Waals surface area contributed by atoms with E-state index in [0.717, 1.165) is 31.2 Å². The standard InChI is InChI=1S/C20H27F3N2O2.ClH/c1-12(13-5-7-17(8-6-13)27-11-20(21,22)23)25-19(26)16-9-14-3-2-4-15(10-16)18(14)24;/h5-8,12,14-16,18H,2-4,9-11,24H2,1H3,(H,25,26);1H. The molecule has 0 aromatic heterocycles. The molecular formula is C20H28ClF3N2O2. The summed E-state index contributed by atoms with van der Waals surface area (Å²) in [5, 5.41) is 3.05. The first-order valence-electron chi connectivity index (χ1n) is 9.58. The smallest absolute Gasteiger partial charge is 0.422 e. The highest BCUT2D eigenvalue weighted by Crippen LogP contribution is 2.42. The molecule has 1 amide bonds. The van der Waals surface area contributed by atoms with Gasteiger partial charge in [-0.3, -0.25) is 4.79 Å². The highest BCUT2D eigenvalue weighted by atomic mass is 35.5. The van der Waals surface area contributed by atoms with Gasteiger partial charge < -0.3 is 15.8 Å². The number of halogens is 4. The molecule has 3 N–H and O–H groups in total. The van der Waals surface area contributed by atoms with E-state index in [4.69, 9.17) is 10.5 Å². The quantitative estimate of drug-likeness (QED) is 0.743. The molecule has 0 radical (unpaired) electrons. The lowest BCUT2D eigenvalue weighted by Gasteiger charge is -2.43. The van der Waals surface area contributed by atoms with Gasteiger partial charge in [0.2, 0.25) is 5.91 Å². The Kier molecular flexibility index (Phi) is 7.62. The molecule has 2 aliphatic rings. The average Bonchev–Trinajstić information content (AvgIpc) is 2.59. The number of carbonyl (C=O) groups is 1. The minimum Gasteiger partial charge on any atom is -0.484 e. The maximum Gasteiger partial charge on any atom is 0.422 e. The van der Waals surface area contributed by atoms with Crippen molar-refractivity contribution in [3.05, 3.63) is 29.8 Å². The summed E-state index contributed by atoms with van der Waals surface area (Å²) >= 11 is 0. The second-order valence-electron chi connectivity index (χ2n) is 7.90. The fraction of sp³-hybridized carbons (Fsp3) is 0.650. The van der Waals surface area contributed by atoms with Crippen LogP contribution in [0.2, 0.25) is 0 Å². The molecule has 2 saturated carbocycles. The van der Waals surface area contributed by atoms with Gasteiger partial charge in [0, 0.05) is 12.0 Å². The molecule has 1 aromatic carbocycles. The van der Waals surface area contributed by atoms with Crippen molar-refractivity contribution in [3.63, 3.8) is 0 Å². The summed E-state index contributed by atoms with van der Waals surface area (Å²) in [6.07, 6.45) is 0.755. The number of alkyl halides is 3. The van der Waals surface area contributed by atoms with E-state index in [9.17, 15) is 18.0 Å². The fourth-order valence-corrected chi connectivity index (χ4v) is 4.44. The Bertz CT molecular complexity index is 640. The van der Waals surface area contributed by atoms with E-state index >= 15 is 0 Å². The van der Waals surface area contributed by atoms with Gasteiger partial charge in [0.15, 0.2) is 6.61 Å². The summed E-state index contributed by atoms with van der Waals surface area (Å²) in [5.41, 5.74) is 7.12. The Balaban J connectivity index is 0.00000280. The molecule has 2 aliphatic carbocycles. The van der Waals surface area contributed by atoms with Crippen LogP contribution in [0.4, 0.5) is 13.2 Å². The van der Waals surface area contributed by atoms with Gasteiger partial charge in [-0.1, -0.05) is 18.6 Å². The minimum atomic E-state index is -4.36. The third-order valence-electron chi connectivity index (χ3n) is 5.93. The van der Waals surface area contributed by atoms with Gasteiger partial charge in [0.05, 0.1) is 6.04 Å². The number of amides is 1. The Labute approximate surface area is 169 Å². The van der Waals surface area contributed by atoms with Crippen molar-refractivity contribution in [2.24, 2.45) is 23.5 Å². The van der Waals surface area contributed by atoms with Crippen LogP contribution in [-0.4, -0.2) is 24.7 Å². The number of nitrogens with two attached hydrogens (primary N) is 1. The molecule has 0 saturated heterocycles. The monoisotopic (exact) mass is 420 g/mol. The van der Waals surface area contributed by atoms with E-state index in [0.29, 0.717) is 11.8 Å². The van der Waals surface area contributed by atoms with E-state index in [-0.39, 0.29) is 42.1 Å². The second kappa shape index (κ2) is 9.35. The highest BCUT2D eigenvalue weighted by Gasteiger charge is 2.40. The molecule has 2 bridgehead atoms. The van der Waals surface area contributed by atoms with Crippen LogP contribution < -0.4 is 15.8 Å². The summed E-state index contributed by atoms with van der Waals surface area (Å²) < 4.78 is 41.3. The highest BCUT2D eigenvalue weighted by molar-refractivity contribution is 5.85. The van der Waals surface area contributed by atoms with Crippen LogP contribution >= 0.6 is 12.4 Å². The molecule has 0 heterocycles. The largest absolute Gasteiger partial charge is 0.484 e. The zero-order valence-electron chi connectivity index (χ0n) is 15.9. The Morgan fingerprint density at radius 3 is 2.32 bits per heavy atom. The Morgan fingerprint density at radius 1 is 1.21 bits per heavy atom. The molecule has 3 atom stereocenters. The van der Waals surface area contributed by atoms with Gasteiger partial charge in [-0.15, -0.1) is 12.4 Å². The van der Waals surface area contributed by atoms with Crippen molar-refractivity contribution in [2.75, 3.05) is 6.61 Å². The maximum atomic E-state index is 12.7. The molecule has 28 heavy (non-hydrogen) atoms. The Morgan fingerprint density at radius 2 is 1.79 bits per heavy atom. The minimum absolute atomic E-state index is 0. The molecule has 2 fully saturated rings. The van der Waals surface area contributed by atoms with Crippen LogP contribution in [0.3, 0.4) is 0 Å². The number of rotatable bonds is 5. The zero-order valence-corrected chi connectivity index (χ0v) is 16.7. The van der Waals surface area contributed by atoms with Crippen molar-refractivity contribution in [2.45, 2.75) is 57.3 Å². The van der Waals surface area contributed by atoms with E-state index in [1.54, 1.807) is 12.1 Å². The molecule has 0 aliphatic heterocycles. The van der Waals surface area contributed by atoms with E-state index < -0.39 is 12.8 Å². The predicted octanol–water partition coefficient (Wildman–Crippen LogP) is 4.38. The van der Waals surface area contributed by atoms with Gasteiger partial charge in [-0.05, 0) is 62.1 Å². The van der Waals surface area contributed by atoms with Crippen LogP contribution in [0.25, 0.3) is 0 Å². The SMILES string of the molecule is CC(NC(=O)C1CC2CCCC(C1)C2N)c1ccc(OCC(F)(F)F)cc1.Cl. The van der Waals surface area contributed by atoms with Gasteiger partial charge >= 0.3 is 6.18 Å². The van der Waals surface area contributed by atoms with E-state index in [1.807, 2.05) is 6.92 Å². The number of benzene rings is 1. The van der Waals surface area contributed by atoms with Crippen molar-refractivity contribution >= 4 is 18.3 Å².